The van der Waals surface area contributed by atoms with Crippen molar-refractivity contribution in [3.05, 3.63) is 76.8 Å². The topological polar surface area (TPSA) is 101 Å². The van der Waals surface area contributed by atoms with Crippen molar-refractivity contribution in [1.29, 1.82) is 0 Å². The number of nitrogens with one attached hydrogen (secondary N) is 1. The number of nitrogens with two attached hydrogens (primary N) is 1. The fourth-order valence-corrected chi connectivity index (χ4v) is 3.96. The van der Waals surface area contributed by atoms with Gasteiger partial charge in [0.15, 0.2) is 5.01 Å². The van der Waals surface area contributed by atoms with Gasteiger partial charge in [0, 0.05) is 41.5 Å². The molecule has 0 fully saturated rings. The molecule has 0 saturated carbocycles. The number of hydrogen-bond donors (Lipinski definition) is 2. The number of amides is 1. The largest absolute Gasteiger partial charge is 0.383 e. The molecule has 5 rings (SSSR count). The summed E-state index contributed by atoms with van der Waals surface area (Å²) < 4.78 is 3.93. The Morgan fingerprint density at radius 3 is 2.74 bits per heavy atom. The van der Waals surface area contributed by atoms with Crippen LogP contribution in [0.4, 0.5) is 5.82 Å². The molecule has 7 nitrogen and oxygen atoms in total. The summed E-state index contributed by atoms with van der Waals surface area (Å²) in [6.07, 6.45) is 6.05. The van der Waals surface area contributed by atoms with Gasteiger partial charge in [-0.3, -0.25) is 4.79 Å². The highest BCUT2D eigenvalue weighted by Crippen LogP contribution is 2.27. The second-order valence-corrected chi connectivity index (χ2v) is 7.92. The van der Waals surface area contributed by atoms with E-state index in [-0.39, 0.29) is 5.91 Å². The Kier molecular flexibility index (Phi) is 4.94. The van der Waals surface area contributed by atoms with Gasteiger partial charge in [0.1, 0.15) is 12.1 Å². The Labute approximate surface area is 182 Å². The van der Waals surface area contributed by atoms with E-state index in [1.165, 1.54) is 23.4 Å². The van der Waals surface area contributed by atoms with Crippen LogP contribution in [-0.2, 0) is 0 Å². The summed E-state index contributed by atoms with van der Waals surface area (Å²) in [6, 6.07) is 11.3. The molecule has 3 N–H and O–H groups in total. The average molecular weight is 427 g/mol. The monoisotopic (exact) mass is 426 g/mol. The molecule has 4 aromatic rings. The third kappa shape index (κ3) is 3.91. The average Bonchev–Trinajstić information content (AvgIpc) is 3.48. The number of H-pyrrole nitrogens is 1. The van der Waals surface area contributed by atoms with Crippen LogP contribution in [0.3, 0.4) is 0 Å². The van der Waals surface area contributed by atoms with Crippen molar-refractivity contribution in [3.63, 3.8) is 0 Å². The lowest BCUT2D eigenvalue weighted by Gasteiger charge is -2.26. The molecule has 0 aliphatic carbocycles. The van der Waals surface area contributed by atoms with Crippen LogP contribution in [0.5, 0.6) is 0 Å². The van der Waals surface area contributed by atoms with E-state index in [9.17, 15) is 4.79 Å². The Bertz CT molecular complexity index is 1340. The first kappa shape index (κ1) is 19.0. The number of nitrogen functional groups attached to an aromatic ring is 1. The van der Waals surface area contributed by atoms with Gasteiger partial charge in [-0.2, -0.15) is 4.37 Å². The molecule has 3 aromatic heterocycles. The number of benzene rings is 1. The second-order valence-electron chi connectivity index (χ2n) is 7.14. The SMILES string of the molecule is Nc1nccc2[nH]c(C3=CCN(C(=O)c4ccc(C#Cc5ncns5)cc4)CC3)cc12. The molecular formula is C23H18N6OS. The van der Waals surface area contributed by atoms with E-state index in [2.05, 4.69) is 37.2 Å². The Balaban J connectivity index is 1.28. The quantitative estimate of drug-likeness (QED) is 0.479. The van der Waals surface area contributed by atoms with Crippen molar-refractivity contribution < 1.29 is 4.79 Å². The van der Waals surface area contributed by atoms with E-state index < -0.39 is 0 Å². The molecule has 0 unspecified atom stereocenters. The predicted octanol–water partition coefficient (Wildman–Crippen LogP) is 3.33. The number of hydrogen-bond acceptors (Lipinski definition) is 6. The third-order valence-corrected chi connectivity index (χ3v) is 5.81. The standard InChI is InChI=1S/C23H18N6OS/c24-22-18-13-20(28-19(18)7-10-25-22)16-8-11-29(12-9-16)23(30)17-4-1-15(2-5-17)3-6-21-26-14-27-31-21/h1-2,4-5,7-8,10,13-14,28H,9,11-12H2,(H2,24,25). The van der Waals surface area contributed by atoms with Crippen LogP contribution >= 0.6 is 11.5 Å². The molecule has 1 aliphatic rings. The minimum atomic E-state index is 0.0176. The second kappa shape index (κ2) is 8.05. The molecule has 1 amide bonds. The molecule has 1 aromatic carbocycles. The number of rotatable bonds is 2. The van der Waals surface area contributed by atoms with Crippen LogP contribution in [0.25, 0.3) is 16.5 Å². The van der Waals surface area contributed by atoms with E-state index in [4.69, 9.17) is 5.73 Å². The summed E-state index contributed by atoms with van der Waals surface area (Å²) in [4.78, 5) is 26.3. The minimum absolute atomic E-state index is 0.0176. The van der Waals surface area contributed by atoms with Crippen LogP contribution in [-0.4, -0.2) is 43.2 Å². The summed E-state index contributed by atoms with van der Waals surface area (Å²) in [5.74, 6) is 6.54. The molecule has 0 saturated heterocycles. The lowest BCUT2D eigenvalue weighted by Crippen LogP contribution is -2.34. The Hall–Kier alpha value is -3.96. The van der Waals surface area contributed by atoms with Crippen LogP contribution in [0.2, 0.25) is 0 Å². The Morgan fingerprint density at radius 1 is 1.16 bits per heavy atom. The molecule has 152 valence electrons. The predicted molar refractivity (Wildman–Crippen MR) is 121 cm³/mol. The molecule has 0 spiro atoms. The molecule has 1 aliphatic heterocycles. The van der Waals surface area contributed by atoms with Crippen LogP contribution in [0.1, 0.15) is 33.0 Å². The zero-order chi connectivity index (χ0) is 21.2. The number of fused-ring (bicyclic) bond motifs is 1. The van der Waals surface area contributed by atoms with E-state index >= 15 is 0 Å². The van der Waals surface area contributed by atoms with Crippen LogP contribution < -0.4 is 5.73 Å². The van der Waals surface area contributed by atoms with Gasteiger partial charge in [-0.05, 0) is 65.8 Å². The molecule has 0 atom stereocenters. The third-order valence-electron chi connectivity index (χ3n) is 5.23. The zero-order valence-electron chi connectivity index (χ0n) is 16.5. The highest BCUT2D eigenvalue weighted by Gasteiger charge is 2.20. The normalized spacial score (nSPS) is 13.5. The highest BCUT2D eigenvalue weighted by atomic mass is 32.1. The van der Waals surface area contributed by atoms with Crippen molar-refractivity contribution in [1.82, 2.24) is 24.2 Å². The molecule has 31 heavy (non-hydrogen) atoms. The number of aromatic nitrogens is 4. The van der Waals surface area contributed by atoms with Crippen molar-refractivity contribution in [2.45, 2.75) is 6.42 Å². The molecular weight excluding hydrogens is 408 g/mol. The van der Waals surface area contributed by atoms with E-state index in [1.54, 1.807) is 6.20 Å². The Morgan fingerprint density at radius 2 is 2.03 bits per heavy atom. The van der Waals surface area contributed by atoms with E-state index in [1.807, 2.05) is 41.3 Å². The summed E-state index contributed by atoms with van der Waals surface area (Å²) >= 11 is 1.26. The number of nitrogens with zero attached hydrogens (tertiary/aromatic N) is 4. The number of aromatic amines is 1. The smallest absolute Gasteiger partial charge is 0.254 e. The maximum absolute atomic E-state index is 12.9. The minimum Gasteiger partial charge on any atom is -0.383 e. The van der Waals surface area contributed by atoms with Gasteiger partial charge in [-0.15, -0.1) is 0 Å². The highest BCUT2D eigenvalue weighted by molar-refractivity contribution is 7.05. The van der Waals surface area contributed by atoms with Gasteiger partial charge in [0.25, 0.3) is 5.91 Å². The van der Waals surface area contributed by atoms with E-state index in [0.717, 1.165) is 28.6 Å². The lowest BCUT2D eigenvalue weighted by molar-refractivity contribution is 0.0773. The molecule has 0 bridgehead atoms. The summed E-state index contributed by atoms with van der Waals surface area (Å²) in [5, 5.41) is 1.59. The van der Waals surface area contributed by atoms with Crippen molar-refractivity contribution in [2.24, 2.45) is 0 Å². The zero-order valence-corrected chi connectivity index (χ0v) is 17.3. The van der Waals surface area contributed by atoms with Gasteiger partial charge >= 0.3 is 0 Å². The van der Waals surface area contributed by atoms with Gasteiger partial charge in [0.05, 0.1) is 5.52 Å². The number of pyridine rings is 1. The number of carbonyl (C=O) groups excluding carboxylic acids is 1. The van der Waals surface area contributed by atoms with Crippen molar-refractivity contribution in [2.75, 3.05) is 18.8 Å². The van der Waals surface area contributed by atoms with Crippen LogP contribution in [0, 0.1) is 11.8 Å². The molecule has 4 heterocycles. The van der Waals surface area contributed by atoms with Gasteiger partial charge in [0.2, 0.25) is 0 Å². The summed E-state index contributed by atoms with van der Waals surface area (Å²) in [6.45, 7) is 1.22. The first-order chi connectivity index (χ1) is 15.2. The summed E-state index contributed by atoms with van der Waals surface area (Å²) in [7, 11) is 0. The van der Waals surface area contributed by atoms with Crippen LogP contribution in [0.15, 0.2) is 55.0 Å². The maximum atomic E-state index is 12.9. The number of anilines is 1. The maximum Gasteiger partial charge on any atom is 0.254 e. The number of carbonyl (C=O) groups is 1. The molecule has 0 radical (unpaired) electrons. The fourth-order valence-electron chi connectivity index (χ4n) is 3.58. The van der Waals surface area contributed by atoms with Gasteiger partial charge < -0.3 is 15.6 Å². The van der Waals surface area contributed by atoms with Gasteiger partial charge in [-0.1, -0.05) is 12.0 Å². The van der Waals surface area contributed by atoms with Crippen molar-refractivity contribution in [3.8, 4) is 11.8 Å². The lowest BCUT2D eigenvalue weighted by atomic mass is 10.0. The van der Waals surface area contributed by atoms with Crippen molar-refractivity contribution >= 4 is 39.7 Å². The molecule has 8 heteroatoms. The van der Waals surface area contributed by atoms with E-state index in [0.29, 0.717) is 29.5 Å². The fraction of sp³-hybridized carbons (Fsp3) is 0.130. The first-order valence-corrected chi connectivity index (χ1v) is 10.6. The summed E-state index contributed by atoms with van der Waals surface area (Å²) in [5.41, 5.74) is 10.6. The first-order valence-electron chi connectivity index (χ1n) is 9.78. The van der Waals surface area contributed by atoms with Gasteiger partial charge in [-0.25, -0.2) is 9.97 Å².